The quantitative estimate of drug-likeness (QED) is 0.358. The lowest BCUT2D eigenvalue weighted by Crippen LogP contribution is -2.42. The van der Waals surface area contributed by atoms with Gasteiger partial charge in [-0.2, -0.15) is 5.10 Å². The average molecular weight is 532 g/mol. The maximum atomic E-state index is 13.7. The minimum absolute atomic E-state index is 0.0149. The van der Waals surface area contributed by atoms with E-state index in [1.807, 2.05) is 42.5 Å². The summed E-state index contributed by atoms with van der Waals surface area (Å²) in [5, 5.41) is 7.12. The van der Waals surface area contributed by atoms with E-state index in [-0.39, 0.29) is 11.9 Å². The van der Waals surface area contributed by atoms with Crippen LogP contribution in [0.4, 0.5) is 0 Å². The van der Waals surface area contributed by atoms with Crippen molar-refractivity contribution < 1.29 is 14.3 Å². The molecule has 0 aromatic heterocycles. The van der Waals surface area contributed by atoms with Gasteiger partial charge in [-0.25, -0.2) is 5.01 Å². The molecule has 2 aliphatic heterocycles. The molecule has 0 aliphatic carbocycles. The number of benzene rings is 3. The monoisotopic (exact) mass is 531 g/mol. The predicted octanol–water partition coefficient (Wildman–Crippen LogP) is 5.99. The number of nitrogens with zero attached hydrogens (tertiary/aromatic N) is 3. The molecule has 0 spiro atoms. The van der Waals surface area contributed by atoms with E-state index in [2.05, 4.69) is 35.2 Å². The number of halogens is 1. The lowest BCUT2D eigenvalue weighted by atomic mass is 9.90. The highest BCUT2D eigenvalue weighted by atomic mass is 35.5. The second-order valence-electron chi connectivity index (χ2n) is 10.0. The average Bonchev–Trinajstić information content (AvgIpc) is 3.40. The van der Waals surface area contributed by atoms with Gasteiger partial charge in [-0.3, -0.25) is 9.69 Å². The summed E-state index contributed by atoms with van der Waals surface area (Å²) in [6, 6.07) is 23.8. The molecule has 2 aliphatic rings. The van der Waals surface area contributed by atoms with Gasteiger partial charge in [0.1, 0.15) is 11.5 Å². The smallest absolute Gasteiger partial charge is 0.257 e. The Morgan fingerprint density at radius 2 is 1.71 bits per heavy atom. The minimum atomic E-state index is -0.270. The van der Waals surface area contributed by atoms with Crippen molar-refractivity contribution in [3.63, 3.8) is 0 Å². The minimum Gasteiger partial charge on any atom is -0.497 e. The summed E-state index contributed by atoms with van der Waals surface area (Å²) in [5.41, 5.74) is 3.93. The molecule has 1 amide bonds. The van der Waals surface area contributed by atoms with Gasteiger partial charge in [0.2, 0.25) is 0 Å². The fourth-order valence-electron chi connectivity index (χ4n) is 5.49. The van der Waals surface area contributed by atoms with E-state index in [0.29, 0.717) is 35.4 Å². The Morgan fingerprint density at radius 3 is 2.42 bits per heavy atom. The molecule has 0 saturated carbocycles. The molecule has 0 radical (unpaired) electrons. The van der Waals surface area contributed by atoms with Crippen LogP contribution >= 0.6 is 11.6 Å². The highest BCUT2D eigenvalue weighted by Crippen LogP contribution is 2.38. The van der Waals surface area contributed by atoms with Crippen molar-refractivity contribution in [2.45, 2.75) is 31.7 Å². The lowest BCUT2D eigenvalue weighted by molar-refractivity contribution is -0.134. The Hall–Kier alpha value is -3.35. The van der Waals surface area contributed by atoms with Gasteiger partial charge in [0.15, 0.2) is 0 Å². The molecule has 1 saturated heterocycles. The molecule has 3 aromatic rings. The highest BCUT2D eigenvalue weighted by Gasteiger charge is 2.36. The topological polar surface area (TPSA) is 54.4 Å². The van der Waals surface area contributed by atoms with E-state index in [0.717, 1.165) is 49.2 Å². The van der Waals surface area contributed by atoms with Crippen LogP contribution in [0.2, 0.25) is 5.02 Å². The van der Waals surface area contributed by atoms with Crippen molar-refractivity contribution in [1.82, 2.24) is 9.91 Å². The fourth-order valence-corrected chi connectivity index (χ4v) is 5.75. The van der Waals surface area contributed by atoms with Crippen molar-refractivity contribution in [1.29, 1.82) is 0 Å². The van der Waals surface area contributed by atoms with Crippen molar-refractivity contribution in [2.24, 2.45) is 11.0 Å². The van der Waals surface area contributed by atoms with Crippen LogP contribution < -0.4 is 9.47 Å². The van der Waals surface area contributed by atoms with Crippen LogP contribution in [0.25, 0.3) is 0 Å². The molecule has 6 nitrogen and oxygen atoms in total. The van der Waals surface area contributed by atoms with E-state index in [1.165, 1.54) is 5.56 Å². The first-order chi connectivity index (χ1) is 18.6. The van der Waals surface area contributed by atoms with Gasteiger partial charge in [0.05, 0.1) is 32.5 Å². The number of carbonyl (C=O) groups excluding carboxylic acids is 1. The van der Waals surface area contributed by atoms with Gasteiger partial charge < -0.3 is 9.47 Å². The summed E-state index contributed by atoms with van der Waals surface area (Å²) < 4.78 is 11.0. The summed E-state index contributed by atoms with van der Waals surface area (Å²) in [5.74, 6) is 2.00. The number of hydrogen-bond donors (Lipinski definition) is 0. The molecule has 38 heavy (non-hydrogen) atoms. The normalized spacial score (nSPS) is 18.3. The van der Waals surface area contributed by atoms with Crippen LogP contribution in [-0.4, -0.2) is 55.4 Å². The van der Waals surface area contributed by atoms with Crippen LogP contribution in [0.1, 0.15) is 42.0 Å². The van der Waals surface area contributed by atoms with Crippen molar-refractivity contribution in [3.8, 4) is 11.5 Å². The Morgan fingerprint density at radius 1 is 0.974 bits per heavy atom. The molecule has 0 N–H and O–H groups in total. The van der Waals surface area contributed by atoms with E-state index in [1.54, 1.807) is 19.2 Å². The first-order valence-electron chi connectivity index (χ1n) is 13.2. The second-order valence-corrected chi connectivity index (χ2v) is 10.4. The maximum absolute atomic E-state index is 13.7. The number of piperidine rings is 1. The zero-order valence-corrected chi connectivity index (χ0v) is 22.7. The summed E-state index contributed by atoms with van der Waals surface area (Å²) in [6.45, 7) is 2.17. The van der Waals surface area contributed by atoms with Gasteiger partial charge >= 0.3 is 0 Å². The summed E-state index contributed by atoms with van der Waals surface area (Å²) in [6.07, 6.45) is 3.83. The van der Waals surface area contributed by atoms with Gasteiger partial charge in [0, 0.05) is 23.1 Å². The van der Waals surface area contributed by atoms with Crippen LogP contribution in [0.15, 0.2) is 77.9 Å². The second kappa shape index (κ2) is 12.0. The molecule has 7 heteroatoms. The molecule has 3 aromatic carbocycles. The Labute approximate surface area is 229 Å². The third-order valence-corrected chi connectivity index (χ3v) is 7.93. The van der Waals surface area contributed by atoms with Gasteiger partial charge in [-0.05, 0) is 67.6 Å². The number of carbonyl (C=O) groups is 1. The molecular formula is C31H34ClN3O3. The zero-order chi connectivity index (χ0) is 26.5. The predicted molar refractivity (Wildman–Crippen MR) is 151 cm³/mol. The number of ether oxygens (including phenoxy) is 2. The number of hydrogen-bond acceptors (Lipinski definition) is 5. The third-order valence-electron chi connectivity index (χ3n) is 7.58. The number of methoxy groups -OCH3 is 2. The fraction of sp³-hybridized carbons (Fsp3) is 0.355. The molecule has 1 atom stereocenters. The SMILES string of the molecule is COc1ccc(C2=NN(C(=O)CN3CCC(Cc4ccccc4)CC3)[C@@H](c3ccccc3Cl)C2)c(OC)c1. The summed E-state index contributed by atoms with van der Waals surface area (Å²) in [7, 11) is 3.25. The Kier molecular flexibility index (Phi) is 8.30. The van der Waals surface area contributed by atoms with E-state index >= 15 is 0 Å². The molecule has 5 rings (SSSR count). The number of amides is 1. The van der Waals surface area contributed by atoms with E-state index < -0.39 is 0 Å². The van der Waals surface area contributed by atoms with Crippen molar-refractivity contribution in [2.75, 3.05) is 33.9 Å². The number of likely N-dealkylation sites (tertiary alicyclic amines) is 1. The van der Waals surface area contributed by atoms with Gasteiger partial charge in [-0.1, -0.05) is 60.1 Å². The van der Waals surface area contributed by atoms with Gasteiger partial charge in [-0.15, -0.1) is 0 Å². The van der Waals surface area contributed by atoms with Crippen molar-refractivity contribution >= 4 is 23.2 Å². The van der Waals surface area contributed by atoms with E-state index in [4.69, 9.17) is 26.2 Å². The van der Waals surface area contributed by atoms with E-state index in [9.17, 15) is 4.79 Å². The lowest BCUT2D eigenvalue weighted by Gasteiger charge is -2.33. The van der Waals surface area contributed by atoms with Crippen LogP contribution in [0, 0.1) is 5.92 Å². The molecule has 2 heterocycles. The van der Waals surface area contributed by atoms with Crippen molar-refractivity contribution in [3.05, 3.63) is 94.5 Å². The highest BCUT2D eigenvalue weighted by molar-refractivity contribution is 6.31. The first kappa shape index (κ1) is 26.3. The number of hydrazone groups is 1. The number of rotatable bonds is 8. The summed E-state index contributed by atoms with van der Waals surface area (Å²) in [4.78, 5) is 16.0. The molecular weight excluding hydrogens is 498 g/mol. The Bertz CT molecular complexity index is 1290. The maximum Gasteiger partial charge on any atom is 0.257 e. The van der Waals surface area contributed by atoms with Gasteiger partial charge in [0.25, 0.3) is 5.91 Å². The van der Waals surface area contributed by atoms with Crippen LogP contribution in [0.5, 0.6) is 11.5 Å². The van der Waals surface area contributed by atoms with Crippen LogP contribution in [-0.2, 0) is 11.2 Å². The summed E-state index contributed by atoms with van der Waals surface area (Å²) >= 11 is 6.60. The molecule has 0 unspecified atom stereocenters. The first-order valence-corrected chi connectivity index (χ1v) is 13.6. The third kappa shape index (κ3) is 5.87. The van der Waals surface area contributed by atoms with Crippen LogP contribution in [0.3, 0.4) is 0 Å². The molecule has 0 bridgehead atoms. The Balaban J connectivity index is 1.32. The zero-order valence-electron chi connectivity index (χ0n) is 22.0. The molecule has 1 fully saturated rings. The standard InChI is InChI=1S/C31H34ClN3O3/c1-37-24-12-13-26(30(19-24)38-2)28-20-29(25-10-6-7-11-27(25)32)35(33-28)31(36)21-34-16-14-23(15-17-34)18-22-8-4-3-5-9-22/h3-13,19,23,29H,14-18,20-21H2,1-2H3/t29-/m1/s1. The largest absolute Gasteiger partial charge is 0.497 e. The molecule has 198 valence electrons.